The molecular formula is C12H7Br2ClN2O. The Morgan fingerprint density at radius 1 is 1.17 bits per heavy atom. The standard InChI is InChI=1S/C12H7Br2ClN2O/c13-8-1-2-11(16-6-8)17-12(18)7-3-9(14)5-10(15)4-7/h1-6H,(H,16,17,18). The van der Waals surface area contributed by atoms with E-state index in [0.29, 0.717) is 16.4 Å². The number of rotatable bonds is 2. The van der Waals surface area contributed by atoms with Gasteiger partial charge in [0.2, 0.25) is 0 Å². The molecule has 2 rings (SSSR count). The third-order valence-electron chi connectivity index (χ3n) is 2.09. The largest absolute Gasteiger partial charge is 0.307 e. The van der Waals surface area contributed by atoms with Gasteiger partial charge in [0.1, 0.15) is 5.82 Å². The van der Waals surface area contributed by atoms with Gasteiger partial charge in [-0.1, -0.05) is 27.5 Å². The lowest BCUT2D eigenvalue weighted by molar-refractivity contribution is 0.102. The summed E-state index contributed by atoms with van der Waals surface area (Å²) in [4.78, 5) is 16.0. The Morgan fingerprint density at radius 2 is 1.94 bits per heavy atom. The number of aromatic nitrogens is 1. The first kappa shape index (κ1) is 13.5. The highest BCUT2D eigenvalue weighted by Gasteiger charge is 2.08. The van der Waals surface area contributed by atoms with E-state index in [1.54, 1.807) is 36.5 Å². The van der Waals surface area contributed by atoms with Crippen LogP contribution in [0.25, 0.3) is 0 Å². The van der Waals surface area contributed by atoms with Crippen molar-refractivity contribution in [2.45, 2.75) is 0 Å². The monoisotopic (exact) mass is 388 g/mol. The van der Waals surface area contributed by atoms with E-state index in [9.17, 15) is 4.79 Å². The molecule has 92 valence electrons. The molecule has 0 aliphatic carbocycles. The zero-order chi connectivity index (χ0) is 13.1. The molecule has 1 amide bonds. The van der Waals surface area contributed by atoms with Crippen molar-refractivity contribution in [2.75, 3.05) is 5.32 Å². The number of amides is 1. The first-order valence-electron chi connectivity index (χ1n) is 4.93. The summed E-state index contributed by atoms with van der Waals surface area (Å²) in [5.74, 6) is 0.229. The highest BCUT2D eigenvalue weighted by atomic mass is 79.9. The minimum absolute atomic E-state index is 0.256. The van der Waals surface area contributed by atoms with Crippen molar-refractivity contribution >= 4 is 55.2 Å². The van der Waals surface area contributed by atoms with Gasteiger partial charge in [-0.05, 0) is 46.3 Å². The minimum atomic E-state index is -0.256. The van der Waals surface area contributed by atoms with Crippen LogP contribution in [-0.4, -0.2) is 10.9 Å². The van der Waals surface area contributed by atoms with Crippen molar-refractivity contribution in [3.05, 3.63) is 56.1 Å². The number of nitrogens with one attached hydrogen (secondary N) is 1. The molecule has 0 fully saturated rings. The van der Waals surface area contributed by atoms with Crippen LogP contribution in [0.15, 0.2) is 45.5 Å². The SMILES string of the molecule is O=C(Nc1ccc(Br)cn1)c1cc(Cl)cc(Br)c1. The zero-order valence-electron chi connectivity index (χ0n) is 8.95. The third kappa shape index (κ3) is 3.54. The summed E-state index contributed by atoms with van der Waals surface area (Å²) in [6, 6.07) is 8.52. The molecule has 0 unspecified atom stereocenters. The molecule has 1 aromatic carbocycles. The second-order valence-corrected chi connectivity index (χ2v) is 5.74. The summed E-state index contributed by atoms with van der Waals surface area (Å²) in [6.07, 6.45) is 1.61. The molecule has 2 aromatic rings. The van der Waals surface area contributed by atoms with Gasteiger partial charge >= 0.3 is 0 Å². The lowest BCUT2D eigenvalue weighted by Gasteiger charge is -2.05. The number of anilines is 1. The third-order valence-corrected chi connectivity index (χ3v) is 3.24. The van der Waals surface area contributed by atoms with Gasteiger partial charge in [0.05, 0.1) is 0 Å². The number of benzene rings is 1. The van der Waals surface area contributed by atoms with Gasteiger partial charge in [0, 0.05) is 25.7 Å². The van der Waals surface area contributed by atoms with Gasteiger partial charge in [-0.25, -0.2) is 4.98 Å². The fraction of sp³-hybridized carbons (Fsp3) is 0. The number of nitrogens with zero attached hydrogens (tertiary/aromatic N) is 1. The fourth-order valence-electron chi connectivity index (χ4n) is 1.32. The number of halogens is 3. The Hall–Kier alpha value is -0.910. The van der Waals surface area contributed by atoms with E-state index < -0.39 is 0 Å². The van der Waals surface area contributed by atoms with Gasteiger partial charge in [-0.2, -0.15) is 0 Å². The minimum Gasteiger partial charge on any atom is -0.307 e. The second kappa shape index (κ2) is 5.82. The Kier molecular flexibility index (Phi) is 4.37. The van der Waals surface area contributed by atoms with Crippen molar-refractivity contribution in [1.29, 1.82) is 0 Å². The average Bonchev–Trinajstić information content (AvgIpc) is 2.31. The molecule has 0 spiro atoms. The normalized spacial score (nSPS) is 10.2. The summed E-state index contributed by atoms with van der Waals surface area (Å²) in [7, 11) is 0. The molecule has 0 saturated carbocycles. The Balaban J connectivity index is 2.19. The Labute approximate surface area is 126 Å². The van der Waals surface area contributed by atoms with Crippen LogP contribution in [0.5, 0.6) is 0 Å². The maximum atomic E-state index is 12.0. The maximum absolute atomic E-state index is 12.0. The predicted octanol–water partition coefficient (Wildman–Crippen LogP) is 4.51. The predicted molar refractivity (Wildman–Crippen MR) is 79.0 cm³/mol. The number of carbonyl (C=O) groups is 1. The van der Waals surface area contributed by atoms with Crippen LogP contribution in [0.4, 0.5) is 5.82 Å². The van der Waals surface area contributed by atoms with Crippen molar-refractivity contribution in [2.24, 2.45) is 0 Å². The van der Waals surface area contributed by atoms with Crippen LogP contribution in [-0.2, 0) is 0 Å². The molecule has 1 heterocycles. The highest BCUT2D eigenvalue weighted by molar-refractivity contribution is 9.10. The van der Waals surface area contributed by atoms with Crippen molar-refractivity contribution < 1.29 is 4.79 Å². The van der Waals surface area contributed by atoms with E-state index in [-0.39, 0.29) is 5.91 Å². The maximum Gasteiger partial charge on any atom is 0.256 e. The summed E-state index contributed by atoms with van der Waals surface area (Å²) in [5, 5.41) is 3.19. The number of pyridine rings is 1. The van der Waals surface area contributed by atoms with Crippen LogP contribution in [0.3, 0.4) is 0 Å². The summed E-state index contributed by atoms with van der Waals surface area (Å²) in [6.45, 7) is 0. The molecule has 1 N–H and O–H groups in total. The van der Waals surface area contributed by atoms with Crippen molar-refractivity contribution in [3.8, 4) is 0 Å². The van der Waals surface area contributed by atoms with Crippen LogP contribution >= 0.6 is 43.5 Å². The summed E-state index contributed by atoms with van der Waals surface area (Å²) >= 11 is 12.5. The number of hydrogen-bond acceptors (Lipinski definition) is 2. The average molecular weight is 390 g/mol. The van der Waals surface area contributed by atoms with E-state index >= 15 is 0 Å². The molecular weight excluding hydrogens is 383 g/mol. The lowest BCUT2D eigenvalue weighted by Crippen LogP contribution is -2.12. The van der Waals surface area contributed by atoms with E-state index in [1.165, 1.54) is 0 Å². The van der Waals surface area contributed by atoms with Crippen molar-refractivity contribution in [1.82, 2.24) is 4.98 Å². The van der Waals surface area contributed by atoms with Gasteiger partial charge < -0.3 is 5.32 Å². The van der Waals surface area contributed by atoms with E-state index in [2.05, 4.69) is 42.2 Å². The molecule has 0 radical (unpaired) electrons. The topological polar surface area (TPSA) is 42.0 Å². The number of hydrogen-bond donors (Lipinski definition) is 1. The summed E-state index contributed by atoms with van der Waals surface area (Å²) < 4.78 is 1.61. The van der Waals surface area contributed by atoms with Crippen LogP contribution < -0.4 is 5.32 Å². The van der Waals surface area contributed by atoms with Crippen LogP contribution in [0, 0.1) is 0 Å². The summed E-state index contributed by atoms with van der Waals surface area (Å²) in [5.41, 5.74) is 0.471. The molecule has 0 atom stereocenters. The van der Waals surface area contributed by atoms with Crippen molar-refractivity contribution in [3.63, 3.8) is 0 Å². The molecule has 0 aliphatic heterocycles. The smallest absolute Gasteiger partial charge is 0.256 e. The fourth-order valence-corrected chi connectivity index (χ4v) is 2.42. The molecule has 0 saturated heterocycles. The second-order valence-electron chi connectivity index (χ2n) is 3.47. The molecule has 1 aromatic heterocycles. The first-order valence-corrected chi connectivity index (χ1v) is 6.90. The molecule has 3 nitrogen and oxygen atoms in total. The van der Waals surface area contributed by atoms with Gasteiger partial charge in [-0.3, -0.25) is 4.79 Å². The molecule has 0 bridgehead atoms. The van der Waals surface area contributed by atoms with Crippen LogP contribution in [0.2, 0.25) is 5.02 Å². The molecule has 18 heavy (non-hydrogen) atoms. The van der Waals surface area contributed by atoms with Gasteiger partial charge in [-0.15, -0.1) is 0 Å². The Morgan fingerprint density at radius 3 is 2.56 bits per heavy atom. The number of carbonyl (C=O) groups excluding carboxylic acids is 1. The van der Waals surface area contributed by atoms with Gasteiger partial charge in [0.15, 0.2) is 0 Å². The van der Waals surface area contributed by atoms with Gasteiger partial charge in [0.25, 0.3) is 5.91 Å². The van der Waals surface area contributed by atoms with E-state index in [4.69, 9.17) is 11.6 Å². The van der Waals surface area contributed by atoms with E-state index in [1.807, 2.05) is 0 Å². The Bertz CT molecular complexity index is 567. The molecule has 6 heteroatoms. The van der Waals surface area contributed by atoms with Crippen LogP contribution in [0.1, 0.15) is 10.4 Å². The first-order chi connectivity index (χ1) is 8.54. The quantitative estimate of drug-likeness (QED) is 0.820. The lowest BCUT2D eigenvalue weighted by atomic mass is 10.2. The highest BCUT2D eigenvalue weighted by Crippen LogP contribution is 2.20. The molecule has 0 aliphatic rings. The van der Waals surface area contributed by atoms with E-state index in [0.717, 1.165) is 8.95 Å². The zero-order valence-corrected chi connectivity index (χ0v) is 12.9.